The topological polar surface area (TPSA) is 69.5 Å². The monoisotopic (exact) mass is 310 g/mol. The van der Waals surface area contributed by atoms with E-state index in [1.165, 1.54) is 5.56 Å². The number of hydrogen-bond donors (Lipinski definition) is 0. The molecule has 0 aromatic heterocycles. The predicted octanol–water partition coefficient (Wildman–Crippen LogP) is -3.01. The van der Waals surface area contributed by atoms with Crippen LogP contribution in [-0.2, 0) is 19.2 Å². The minimum absolute atomic E-state index is 0. The Balaban J connectivity index is 0. The SMILES string of the molecule is O.O.S=C([S-])N1CCN(Cc2ccccc2)CC1.[Na+]. The molecule has 0 bridgehead atoms. The standard InChI is InChI=1S/C12H16N2S2.Na.2H2O/c15-12(16)14-8-6-13(7-9-14)10-11-4-2-1-3-5-11;;;/h1-5H,6-10H2,(H,15,16);;2*1H2/q;+1;;/p-1. The fraction of sp³-hybridized carbons (Fsp3) is 0.417. The van der Waals surface area contributed by atoms with Gasteiger partial charge in [-0.25, -0.2) is 0 Å². The van der Waals surface area contributed by atoms with Crippen LogP contribution < -0.4 is 29.6 Å². The normalized spacial score (nSPS) is 14.6. The molecule has 0 atom stereocenters. The van der Waals surface area contributed by atoms with Crippen molar-refractivity contribution in [3.8, 4) is 0 Å². The maximum absolute atomic E-state index is 5.01. The summed E-state index contributed by atoms with van der Waals surface area (Å²) in [5, 5.41) is 0. The van der Waals surface area contributed by atoms with E-state index in [0.29, 0.717) is 4.32 Å². The molecule has 0 amide bonds. The van der Waals surface area contributed by atoms with Gasteiger partial charge in [-0.15, -0.1) is 0 Å². The van der Waals surface area contributed by atoms with Crippen molar-refractivity contribution in [3.63, 3.8) is 0 Å². The van der Waals surface area contributed by atoms with Gasteiger partial charge >= 0.3 is 29.6 Å². The fourth-order valence-electron chi connectivity index (χ4n) is 1.93. The molecule has 1 aliphatic heterocycles. The molecule has 1 heterocycles. The molecule has 0 saturated carbocycles. The molecule has 2 rings (SSSR count). The molecule has 1 aromatic carbocycles. The summed E-state index contributed by atoms with van der Waals surface area (Å²) in [6.45, 7) is 5.06. The van der Waals surface area contributed by atoms with E-state index in [-0.39, 0.29) is 40.5 Å². The van der Waals surface area contributed by atoms with Gasteiger partial charge in [0.1, 0.15) is 0 Å². The average molecular weight is 310 g/mol. The Hall–Kier alpha value is 0.210. The van der Waals surface area contributed by atoms with Gasteiger partial charge in [0, 0.05) is 32.7 Å². The molecule has 0 radical (unpaired) electrons. The van der Waals surface area contributed by atoms with Gasteiger partial charge in [-0.2, -0.15) is 0 Å². The zero-order chi connectivity index (χ0) is 11.4. The van der Waals surface area contributed by atoms with Gasteiger partial charge in [0.15, 0.2) is 0 Å². The second kappa shape index (κ2) is 10.9. The molecule has 102 valence electrons. The zero-order valence-electron chi connectivity index (χ0n) is 11.1. The van der Waals surface area contributed by atoms with Gasteiger partial charge in [0.2, 0.25) is 0 Å². The second-order valence-corrected chi connectivity index (χ2v) is 5.05. The number of thiocarbonyl (C=S) groups is 1. The van der Waals surface area contributed by atoms with Gasteiger partial charge in [-0.05, 0) is 5.56 Å². The van der Waals surface area contributed by atoms with Crippen LogP contribution in [0.5, 0.6) is 0 Å². The van der Waals surface area contributed by atoms with Crippen LogP contribution in [0.4, 0.5) is 0 Å². The van der Waals surface area contributed by atoms with E-state index in [1.807, 2.05) is 0 Å². The van der Waals surface area contributed by atoms with E-state index in [0.717, 1.165) is 32.7 Å². The van der Waals surface area contributed by atoms with Crippen molar-refractivity contribution in [1.29, 1.82) is 0 Å². The molecule has 1 aromatic rings. The summed E-state index contributed by atoms with van der Waals surface area (Å²) in [6, 6.07) is 10.6. The minimum atomic E-state index is 0. The van der Waals surface area contributed by atoms with Crippen LogP contribution in [0.2, 0.25) is 0 Å². The van der Waals surface area contributed by atoms with Gasteiger partial charge in [0.05, 0.1) is 0 Å². The van der Waals surface area contributed by atoms with E-state index < -0.39 is 0 Å². The Bertz CT molecular complexity index is 360. The molecule has 1 saturated heterocycles. The maximum Gasteiger partial charge on any atom is 1.00 e. The quantitative estimate of drug-likeness (QED) is 0.331. The van der Waals surface area contributed by atoms with Crippen molar-refractivity contribution in [3.05, 3.63) is 35.9 Å². The molecule has 19 heavy (non-hydrogen) atoms. The van der Waals surface area contributed by atoms with Crippen molar-refractivity contribution >= 4 is 29.2 Å². The van der Waals surface area contributed by atoms with Gasteiger partial charge in [0.25, 0.3) is 0 Å². The third-order valence-corrected chi connectivity index (χ3v) is 3.40. The van der Waals surface area contributed by atoms with Gasteiger partial charge in [-0.1, -0.05) is 34.7 Å². The second-order valence-electron chi connectivity index (χ2n) is 4.01. The molecule has 4 N–H and O–H groups in total. The Morgan fingerprint density at radius 3 is 2.05 bits per heavy atom. The Kier molecular flexibility index (Phi) is 12.4. The number of nitrogens with zero attached hydrogens (tertiary/aromatic N) is 2. The summed E-state index contributed by atoms with van der Waals surface area (Å²) in [4.78, 5) is 4.55. The Labute approximate surface area is 147 Å². The van der Waals surface area contributed by atoms with Crippen LogP contribution in [-0.4, -0.2) is 51.3 Å². The van der Waals surface area contributed by atoms with Crippen LogP contribution in [0.15, 0.2) is 30.3 Å². The van der Waals surface area contributed by atoms with Crippen molar-refractivity contribution in [1.82, 2.24) is 9.80 Å². The maximum atomic E-state index is 5.01. The molecule has 7 heteroatoms. The van der Waals surface area contributed by atoms with Crippen LogP contribution in [0.1, 0.15) is 5.56 Å². The van der Waals surface area contributed by atoms with E-state index in [4.69, 9.17) is 24.8 Å². The summed E-state index contributed by atoms with van der Waals surface area (Å²) >= 11 is 10.0. The van der Waals surface area contributed by atoms with E-state index in [9.17, 15) is 0 Å². The van der Waals surface area contributed by atoms with Crippen LogP contribution in [0.25, 0.3) is 0 Å². The largest absolute Gasteiger partial charge is 1.00 e. The Morgan fingerprint density at radius 2 is 1.58 bits per heavy atom. The van der Waals surface area contributed by atoms with Crippen LogP contribution in [0.3, 0.4) is 0 Å². The van der Waals surface area contributed by atoms with Crippen molar-refractivity contribution in [2.24, 2.45) is 0 Å². The van der Waals surface area contributed by atoms with Crippen molar-refractivity contribution in [2.75, 3.05) is 26.2 Å². The molecular formula is C12H19N2NaO2S2. The summed E-state index contributed by atoms with van der Waals surface area (Å²) in [6.07, 6.45) is 0. The zero-order valence-corrected chi connectivity index (χ0v) is 14.8. The smallest absolute Gasteiger partial charge is 0.412 e. The van der Waals surface area contributed by atoms with Crippen LogP contribution in [0, 0.1) is 0 Å². The first-order valence-electron chi connectivity index (χ1n) is 5.48. The average Bonchev–Trinajstić information content (AvgIpc) is 2.31. The fourth-order valence-corrected chi connectivity index (χ4v) is 2.30. The van der Waals surface area contributed by atoms with E-state index in [1.54, 1.807) is 0 Å². The number of hydrogen-bond acceptors (Lipinski definition) is 3. The number of piperazine rings is 1. The number of benzene rings is 1. The summed E-state index contributed by atoms with van der Waals surface area (Å²) < 4.78 is 0.611. The van der Waals surface area contributed by atoms with Crippen molar-refractivity contribution in [2.45, 2.75) is 6.54 Å². The molecule has 0 unspecified atom stereocenters. The third-order valence-electron chi connectivity index (χ3n) is 2.88. The number of rotatable bonds is 2. The van der Waals surface area contributed by atoms with Crippen molar-refractivity contribution < 1.29 is 40.5 Å². The molecule has 4 nitrogen and oxygen atoms in total. The first-order chi connectivity index (χ1) is 7.75. The summed E-state index contributed by atoms with van der Waals surface area (Å²) in [5.41, 5.74) is 1.37. The predicted molar refractivity (Wildman–Crippen MR) is 80.5 cm³/mol. The van der Waals surface area contributed by atoms with Gasteiger partial charge < -0.3 is 40.7 Å². The first kappa shape index (κ1) is 21.5. The molecule has 0 aliphatic carbocycles. The third kappa shape index (κ3) is 6.97. The molecule has 1 fully saturated rings. The molecular weight excluding hydrogens is 291 g/mol. The Morgan fingerprint density at radius 1 is 1.05 bits per heavy atom. The van der Waals surface area contributed by atoms with E-state index >= 15 is 0 Å². The molecule has 0 spiro atoms. The van der Waals surface area contributed by atoms with E-state index in [2.05, 4.69) is 40.1 Å². The minimum Gasteiger partial charge on any atom is -0.412 e. The van der Waals surface area contributed by atoms with Gasteiger partial charge in [-0.3, -0.25) is 4.90 Å². The first-order valence-corrected chi connectivity index (χ1v) is 6.29. The summed E-state index contributed by atoms with van der Waals surface area (Å²) in [5.74, 6) is 0. The summed E-state index contributed by atoms with van der Waals surface area (Å²) in [7, 11) is 0. The molecule has 1 aliphatic rings. The van der Waals surface area contributed by atoms with Crippen LogP contribution >= 0.6 is 12.2 Å².